The largest absolute Gasteiger partial charge is 0.462 e. The Kier molecular flexibility index (Phi) is 9.21. The maximum atomic E-state index is 11.6. The molecular weight excluding hydrogens is 400 g/mol. The second-order valence-electron chi connectivity index (χ2n) is 9.30. The Labute approximate surface area is 185 Å². The van der Waals surface area contributed by atoms with E-state index in [1.165, 1.54) is 26.7 Å². The van der Waals surface area contributed by atoms with E-state index in [1.54, 1.807) is 6.92 Å². The van der Waals surface area contributed by atoms with Crippen molar-refractivity contribution in [2.24, 2.45) is 16.7 Å². The van der Waals surface area contributed by atoms with Crippen LogP contribution >= 0.6 is 0 Å². The van der Waals surface area contributed by atoms with Crippen molar-refractivity contribution in [3.8, 4) is 0 Å². The summed E-state index contributed by atoms with van der Waals surface area (Å²) in [5.74, 6) is -0.930. The minimum absolute atomic E-state index is 0.0324. The van der Waals surface area contributed by atoms with E-state index in [-0.39, 0.29) is 48.5 Å². The summed E-state index contributed by atoms with van der Waals surface area (Å²) in [5, 5.41) is 0. The number of carbonyl (C=O) groups is 4. The van der Waals surface area contributed by atoms with E-state index in [9.17, 15) is 19.2 Å². The van der Waals surface area contributed by atoms with Gasteiger partial charge in [0.2, 0.25) is 0 Å². The Morgan fingerprint density at radius 3 is 1.87 bits per heavy atom. The van der Waals surface area contributed by atoms with Crippen LogP contribution < -0.4 is 0 Å². The summed E-state index contributed by atoms with van der Waals surface area (Å²) in [6, 6.07) is 0. The lowest BCUT2D eigenvalue weighted by Crippen LogP contribution is -2.38. The van der Waals surface area contributed by atoms with E-state index in [4.69, 9.17) is 4.74 Å². The fourth-order valence-corrected chi connectivity index (χ4v) is 4.21. The zero-order valence-electron chi connectivity index (χ0n) is 19.7. The zero-order chi connectivity index (χ0) is 24.0. The number of fused-ring (bicyclic) bond motifs is 2. The average Bonchev–Trinajstić information content (AvgIpc) is 2.98. The van der Waals surface area contributed by atoms with Crippen LogP contribution in [0, 0.1) is 16.7 Å². The molecule has 0 aromatic carbocycles. The summed E-state index contributed by atoms with van der Waals surface area (Å²) in [4.78, 5) is 43.8. The summed E-state index contributed by atoms with van der Waals surface area (Å²) in [6.07, 6.45) is 3.32. The minimum atomic E-state index is -0.617. The highest BCUT2D eigenvalue weighted by atomic mass is 16.6. The first-order chi connectivity index (χ1) is 14.2. The fraction of sp³-hybridized carbons (Fsp3) is 0.667. The molecule has 7 heteroatoms. The van der Waals surface area contributed by atoms with Gasteiger partial charge in [0.25, 0.3) is 0 Å². The molecule has 174 valence electrons. The van der Waals surface area contributed by atoms with Gasteiger partial charge in [-0.25, -0.2) is 9.59 Å². The molecule has 2 bridgehead atoms. The van der Waals surface area contributed by atoms with Crippen LogP contribution in [-0.2, 0) is 33.4 Å². The molecule has 2 aliphatic carbocycles. The van der Waals surface area contributed by atoms with Gasteiger partial charge in [-0.05, 0) is 51.4 Å². The number of ether oxygens (including phenoxy) is 3. The summed E-state index contributed by atoms with van der Waals surface area (Å²) in [6.45, 7) is 18.4. The summed E-state index contributed by atoms with van der Waals surface area (Å²) < 4.78 is 14.9. The smallest absolute Gasteiger partial charge is 0.333 e. The molecule has 0 N–H and O–H groups in total. The summed E-state index contributed by atoms with van der Waals surface area (Å²) >= 11 is 0. The Morgan fingerprint density at radius 2 is 1.45 bits per heavy atom. The van der Waals surface area contributed by atoms with Crippen molar-refractivity contribution in [1.82, 2.24) is 0 Å². The molecule has 2 rings (SSSR count). The van der Waals surface area contributed by atoms with Crippen LogP contribution in [-0.4, -0.2) is 43.0 Å². The number of esters is 3. The van der Waals surface area contributed by atoms with Crippen LogP contribution in [0.25, 0.3) is 0 Å². The number of rotatable bonds is 8. The van der Waals surface area contributed by atoms with Crippen molar-refractivity contribution >= 4 is 23.7 Å². The number of ketones is 1. The van der Waals surface area contributed by atoms with Crippen molar-refractivity contribution in [3.63, 3.8) is 0 Å². The lowest BCUT2D eigenvalue weighted by molar-refractivity contribution is -0.152. The molecule has 31 heavy (non-hydrogen) atoms. The van der Waals surface area contributed by atoms with Crippen LogP contribution in [0.1, 0.15) is 67.2 Å². The molecule has 2 aliphatic rings. The molecule has 0 aromatic rings. The van der Waals surface area contributed by atoms with Gasteiger partial charge >= 0.3 is 17.9 Å². The first kappa shape index (κ1) is 26.6. The number of carbonyl (C=O) groups excluding carboxylic acids is 4. The van der Waals surface area contributed by atoms with Gasteiger partial charge in [0.05, 0.1) is 0 Å². The third kappa shape index (κ3) is 6.77. The molecule has 0 heterocycles. The zero-order valence-corrected chi connectivity index (χ0v) is 19.7. The number of hydrogen-bond donors (Lipinski definition) is 0. The Hall–Kier alpha value is -2.44. The molecule has 0 radical (unpaired) electrons. The second kappa shape index (κ2) is 10.7. The van der Waals surface area contributed by atoms with E-state index in [0.29, 0.717) is 16.9 Å². The van der Waals surface area contributed by atoms with Gasteiger partial charge in [0, 0.05) is 16.6 Å². The van der Waals surface area contributed by atoms with Gasteiger partial charge < -0.3 is 14.2 Å². The van der Waals surface area contributed by atoms with Crippen LogP contribution in [0.5, 0.6) is 0 Å². The van der Waals surface area contributed by atoms with Crippen molar-refractivity contribution in [2.45, 2.75) is 73.3 Å². The quantitative estimate of drug-likeness (QED) is 0.187. The molecule has 3 atom stereocenters. The third-order valence-corrected chi connectivity index (χ3v) is 6.63. The summed E-state index contributed by atoms with van der Waals surface area (Å²) in [7, 11) is 0. The molecule has 2 fully saturated rings. The Balaban J connectivity index is 0.000000311. The van der Waals surface area contributed by atoms with Gasteiger partial charge in [-0.1, -0.05) is 33.9 Å². The predicted molar refractivity (Wildman–Crippen MR) is 116 cm³/mol. The molecule has 2 saturated carbocycles. The Morgan fingerprint density at radius 1 is 0.903 bits per heavy atom. The van der Waals surface area contributed by atoms with Crippen LogP contribution in [0.15, 0.2) is 24.3 Å². The van der Waals surface area contributed by atoms with Gasteiger partial charge in [-0.15, -0.1) is 0 Å². The Bertz CT molecular complexity index is 749. The molecule has 0 amide bonds. The van der Waals surface area contributed by atoms with Crippen LogP contribution in [0.3, 0.4) is 0 Å². The van der Waals surface area contributed by atoms with E-state index in [1.807, 2.05) is 0 Å². The second-order valence-corrected chi connectivity index (χ2v) is 9.30. The molecular formula is C24H36O7. The highest BCUT2D eigenvalue weighted by molar-refractivity contribution is 5.94. The van der Waals surface area contributed by atoms with E-state index >= 15 is 0 Å². The van der Waals surface area contributed by atoms with Gasteiger partial charge in [-0.2, -0.15) is 0 Å². The van der Waals surface area contributed by atoms with E-state index in [0.717, 1.165) is 6.42 Å². The third-order valence-electron chi connectivity index (χ3n) is 6.63. The standard InChI is InChI=1S/C14H22O2.C10H14O5/c1-9(2)12(15)16-11-8-10-6-7-14(11,5)13(10,3)4;1-7(2)10(13)15-5-4-14-9(12)6-8(3)11/h10-11H,1,6-8H2,2-5H3;1,4-6H2,2-3H3. The van der Waals surface area contributed by atoms with Gasteiger partial charge in [0.15, 0.2) is 0 Å². The van der Waals surface area contributed by atoms with E-state index < -0.39 is 11.9 Å². The fourth-order valence-electron chi connectivity index (χ4n) is 4.21. The highest BCUT2D eigenvalue weighted by Gasteiger charge is 2.62. The van der Waals surface area contributed by atoms with Crippen molar-refractivity contribution < 1.29 is 33.4 Å². The van der Waals surface area contributed by atoms with Gasteiger partial charge in [-0.3, -0.25) is 9.59 Å². The van der Waals surface area contributed by atoms with Gasteiger partial charge in [0.1, 0.15) is 31.5 Å². The topological polar surface area (TPSA) is 96.0 Å². The molecule has 3 unspecified atom stereocenters. The average molecular weight is 437 g/mol. The maximum absolute atomic E-state index is 11.6. The minimum Gasteiger partial charge on any atom is -0.462 e. The monoisotopic (exact) mass is 436 g/mol. The molecule has 0 aromatic heterocycles. The SMILES string of the molecule is C=C(C)C(=O)OC1CC2CCC1(C)C2(C)C.C=C(C)C(=O)OCCOC(=O)CC(C)=O. The first-order valence-corrected chi connectivity index (χ1v) is 10.6. The first-order valence-electron chi connectivity index (χ1n) is 10.6. The van der Waals surface area contributed by atoms with Crippen molar-refractivity contribution in [1.29, 1.82) is 0 Å². The molecule has 0 saturated heterocycles. The van der Waals surface area contributed by atoms with Crippen molar-refractivity contribution in [2.75, 3.05) is 13.2 Å². The molecule has 7 nitrogen and oxygen atoms in total. The van der Waals surface area contributed by atoms with Crippen LogP contribution in [0.4, 0.5) is 0 Å². The summed E-state index contributed by atoms with van der Waals surface area (Å²) in [5.41, 5.74) is 1.24. The van der Waals surface area contributed by atoms with Crippen LogP contribution in [0.2, 0.25) is 0 Å². The van der Waals surface area contributed by atoms with Crippen molar-refractivity contribution in [3.05, 3.63) is 24.3 Å². The number of hydrogen-bond acceptors (Lipinski definition) is 7. The highest BCUT2D eigenvalue weighted by Crippen LogP contribution is 2.66. The predicted octanol–water partition coefficient (Wildman–Crippen LogP) is 3.95. The maximum Gasteiger partial charge on any atom is 0.333 e. The molecule has 0 aliphatic heterocycles. The normalized spacial score (nSPS) is 25.0. The lowest BCUT2D eigenvalue weighted by Gasteiger charge is -2.38. The lowest BCUT2D eigenvalue weighted by atomic mass is 9.70. The number of Topliss-reactive ketones (excluding diaryl/α,β-unsaturated/α-hetero) is 1. The van der Waals surface area contributed by atoms with E-state index in [2.05, 4.69) is 43.4 Å². The molecule has 0 spiro atoms.